The van der Waals surface area contributed by atoms with E-state index in [4.69, 9.17) is 15.5 Å². The van der Waals surface area contributed by atoms with E-state index in [-0.39, 0.29) is 22.3 Å². The van der Waals surface area contributed by atoms with Crippen LogP contribution in [0.15, 0.2) is 53.6 Å². The van der Waals surface area contributed by atoms with Crippen LogP contribution in [-0.2, 0) is 10.0 Å². The average molecular weight is 556 g/mol. The minimum absolute atomic E-state index is 0.0161. The lowest BCUT2D eigenvalue weighted by atomic mass is 10.1. The van der Waals surface area contributed by atoms with E-state index in [1.165, 1.54) is 36.4 Å². The molecule has 3 N–H and O–H groups in total. The lowest BCUT2D eigenvalue weighted by Crippen LogP contribution is -2.35. The Hall–Kier alpha value is -3.73. The van der Waals surface area contributed by atoms with Gasteiger partial charge in [-0.05, 0) is 67.5 Å². The molecule has 0 aliphatic heterocycles. The Morgan fingerprint density at radius 1 is 1.18 bits per heavy atom. The summed E-state index contributed by atoms with van der Waals surface area (Å²) in [5.74, 6) is 0.163. The van der Waals surface area contributed by atoms with Crippen LogP contribution in [0.3, 0.4) is 0 Å². The van der Waals surface area contributed by atoms with Gasteiger partial charge < -0.3 is 15.4 Å². The predicted molar refractivity (Wildman–Crippen MR) is 148 cm³/mol. The zero-order chi connectivity index (χ0) is 28.2. The molecule has 0 saturated heterocycles. The van der Waals surface area contributed by atoms with Crippen molar-refractivity contribution in [3.8, 4) is 17.0 Å². The van der Waals surface area contributed by atoms with Gasteiger partial charge in [0.2, 0.25) is 0 Å². The van der Waals surface area contributed by atoms with Crippen molar-refractivity contribution in [1.29, 1.82) is 0 Å². The summed E-state index contributed by atoms with van der Waals surface area (Å²) in [7, 11) is -4.29. The van der Waals surface area contributed by atoms with E-state index in [0.717, 1.165) is 19.3 Å². The lowest BCUT2D eigenvalue weighted by Gasteiger charge is -2.26. The second-order valence-electron chi connectivity index (χ2n) is 10.2. The molecule has 0 atom stereocenters. The number of nitrogens with two attached hydrogens (primary N) is 1. The van der Waals surface area contributed by atoms with Gasteiger partial charge in [0.25, 0.3) is 15.9 Å². The number of hydrogen-bond donors (Lipinski definition) is 2. The minimum Gasteiger partial charge on any atom is -0.493 e. The molecule has 1 aliphatic rings. The average Bonchev–Trinajstić information content (AvgIpc) is 3.70. The maximum absolute atomic E-state index is 14.5. The van der Waals surface area contributed by atoms with E-state index in [1.54, 1.807) is 12.1 Å². The molecule has 1 amide bonds. The zero-order valence-electron chi connectivity index (χ0n) is 22.4. The quantitative estimate of drug-likeness (QED) is 0.331. The number of nitrogens with zero attached hydrogens (tertiary/aromatic N) is 3. The molecule has 2 heterocycles. The number of ether oxygens (including phenoxy) is 1. The normalized spacial score (nSPS) is 13.4. The van der Waals surface area contributed by atoms with Crippen LogP contribution in [0.4, 0.5) is 16.0 Å². The molecule has 4 rings (SSSR count). The number of rotatable bonds is 12. The molecular formula is C28H34FN5O4S. The van der Waals surface area contributed by atoms with Crippen LogP contribution < -0.4 is 20.1 Å². The Kier molecular flexibility index (Phi) is 8.69. The van der Waals surface area contributed by atoms with E-state index >= 15 is 0 Å². The van der Waals surface area contributed by atoms with Crippen molar-refractivity contribution < 1.29 is 22.3 Å². The predicted octanol–water partition coefficient (Wildman–Crippen LogP) is 4.64. The van der Waals surface area contributed by atoms with Gasteiger partial charge in [-0.25, -0.2) is 19.1 Å². The number of hydrogen-bond acceptors (Lipinski definition) is 8. The number of carbonyl (C=O) groups excluding carboxylic acids is 1. The summed E-state index contributed by atoms with van der Waals surface area (Å²) in [6, 6.07) is 11.6. The van der Waals surface area contributed by atoms with Gasteiger partial charge in [0.1, 0.15) is 23.2 Å². The van der Waals surface area contributed by atoms with Crippen molar-refractivity contribution in [2.75, 3.05) is 30.3 Å². The van der Waals surface area contributed by atoms with Crippen molar-refractivity contribution in [2.24, 2.45) is 11.8 Å². The highest BCUT2D eigenvalue weighted by Gasteiger charge is 2.29. The summed E-state index contributed by atoms with van der Waals surface area (Å²) in [5.41, 5.74) is 6.65. The second kappa shape index (κ2) is 12.0. The van der Waals surface area contributed by atoms with Crippen LogP contribution in [0.5, 0.6) is 5.75 Å². The molecule has 11 heteroatoms. The maximum atomic E-state index is 14.5. The van der Waals surface area contributed by atoms with E-state index in [2.05, 4.69) is 9.71 Å². The number of pyridine rings is 2. The summed E-state index contributed by atoms with van der Waals surface area (Å²) in [6.45, 7) is 7.75. The molecule has 0 bridgehead atoms. The van der Waals surface area contributed by atoms with Gasteiger partial charge in [-0.2, -0.15) is 8.42 Å². The van der Waals surface area contributed by atoms with E-state index < -0.39 is 21.7 Å². The van der Waals surface area contributed by atoms with Crippen molar-refractivity contribution in [2.45, 2.75) is 45.1 Å². The highest BCUT2D eigenvalue weighted by Crippen LogP contribution is 2.34. The Morgan fingerprint density at radius 2 is 1.95 bits per heavy atom. The largest absolute Gasteiger partial charge is 0.493 e. The van der Waals surface area contributed by atoms with Gasteiger partial charge in [0, 0.05) is 24.7 Å². The highest BCUT2D eigenvalue weighted by atomic mass is 32.2. The summed E-state index contributed by atoms with van der Waals surface area (Å²) in [5, 5.41) is -0.362. The molecule has 2 aromatic heterocycles. The first-order chi connectivity index (χ1) is 18.6. The number of aromatic nitrogens is 2. The van der Waals surface area contributed by atoms with Crippen LogP contribution in [0.1, 0.15) is 50.4 Å². The standard InChI is InChI=1S/C28H34FN5O4S/c1-4-12-34(16-19-8-9-19)27-23(28(35)33-39(36,37)26-7-5-6-25(30)32-26)10-11-24(31-27)20-13-21(29)15-22(14-20)38-17-18(2)3/h5-7,10-11,13-15,18-19H,4,8-9,12,16-17H2,1-3H3,(H2,30,32)(H,33,35). The summed E-state index contributed by atoms with van der Waals surface area (Å²) in [4.78, 5) is 24.0. The van der Waals surface area contributed by atoms with Crippen LogP contribution in [0.25, 0.3) is 11.3 Å². The molecule has 3 aromatic rings. The molecule has 1 saturated carbocycles. The first-order valence-corrected chi connectivity index (χ1v) is 14.5. The Balaban J connectivity index is 1.73. The molecule has 39 heavy (non-hydrogen) atoms. The number of nitrogen functional groups attached to an aromatic ring is 1. The van der Waals surface area contributed by atoms with Gasteiger partial charge >= 0.3 is 0 Å². The molecule has 0 spiro atoms. The Morgan fingerprint density at radius 3 is 2.62 bits per heavy atom. The second-order valence-corrected chi connectivity index (χ2v) is 11.8. The van der Waals surface area contributed by atoms with E-state index in [1.807, 2.05) is 25.7 Å². The molecule has 1 aromatic carbocycles. The zero-order valence-corrected chi connectivity index (χ0v) is 23.2. The summed E-state index contributed by atoms with van der Waals surface area (Å²) < 4.78 is 48.1. The van der Waals surface area contributed by atoms with Gasteiger partial charge in [0.15, 0.2) is 5.03 Å². The Bertz CT molecular complexity index is 1440. The number of benzene rings is 1. The summed E-state index contributed by atoms with van der Waals surface area (Å²) in [6.07, 6.45) is 2.95. The number of amides is 1. The third-order valence-electron chi connectivity index (χ3n) is 6.09. The maximum Gasteiger partial charge on any atom is 0.281 e. The number of nitrogens with one attached hydrogen (secondary N) is 1. The monoisotopic (exact) mass is 555 g/mol. The van der Waals surface area contributed by atoms with Gasteiger partial charge in [-0.1, -0.05) is 26.8 Å². The third kappa shape index (κ3) is 7.44. The van der Waals surface area contributed by atoms with Crippen LogP contribution >= 0.6 is 0 Å². The molecule has 1 fully saturated rings. The molecule has 208 valence electrons. The topological polar surface area (TPSA) is 128 Å². The minimum atomic E-state index is -4.29. The molecule has 1 aliphatic carbocycles. The molecule has 0 unspecified atom stereocenters. The number of anilines is 2. The number of halogens is 1. The van der Waals surface area contributed by atoms with Gasteiger partial charge in [0.05, 0.1) is 17.9 Å². The fraction of sp³-hybridized carbons (Fsp3) is 0.393. The summed E-state index contributed by atoms with van der Waals surface area (Å²) >= 11 is 0. The van der Waals surface area contributed by atoms with Crippen molar-refractivity contribution in [3.63, 3.8) is 0 Å². The first kappa shape index (κ1) is 28.3. The fourth-order valence-corrected chi connectivity index (χ4v) is 5.00. The smallest absolute Gasteiger partial charge is 0.281 e. The molecule has 9 nitrogen and oxygen atoms in total. The van der Waals surface area contributed by atoms with Crippen molar-refractivity contribution >= 4 is 27.6 Å². The van der Waals surface area contributed by atoms with Crippen molar-refractivity contribution in [3.05, 3.63) is 59.9 Å². The highest BCUT2D eigenvalue weighted by molar-refractivity contribution is 7.90. The van der Waals surface area contributed by atoms with E-state index in [9.17, 15) is 17.6 Å². The van der Waals surface area contributed by atoms with E-state index in [0.29, 0.717) is 48.4 Å². The number of sulfonamides is 1. The van der Waals surface area contributed by atoms with Crippen LogP contribution in [-0.4, -0.2) is 44.0 Å². The fourth-order valence-electron chi connectivity index (χ4n) is 4.06. The van der Waals surface area contributed by atoms with Crippen molar-refractivity contribution in [1.82, 2.24) is 14.7 Å². The van der Waals surface area contributed by atoms with Gasteiger partial charge in [-0.15, -0.1) is 0 Å². The van der Waals surface area contributed by atoms with Crippen LogP contribution in [0, 0.1) is 17.7 Å². The lowest BCUT2D eigenvalue weighted by molar-refractivity contribution is 0.0981. The number of carbonyl (C=O) groups is 1. The molecule has 0 radical (unpaired) electrons. The Labute approximate surface area is 228 Å². The third-order valence-corrected chi connectivity index (χ3v) is 7.32. The van der Waals surface area contributed by atoms with Crippen LogP contribution in [0.2, 0.25) is 0 Å². The SMILES string of the molecule is CCCN(CC1CC1)c1nc(-c2cc(F)cc(OCC(C)C)c2)ccc1C(=O)NS(=O)(=O)c1cccc(N)n1. The molecular weight excluding hydrogens is 521 g/mol. The first-order valence-electron chi connectivity index (χ1n) is 13.0. The van der Waals surface area contributed by atoms with Gasteiger partial charge in [-0.3, -0.25) is 4.79 Å².